The number of allylic oxidation sites excluding steroid dienone is 18. The summed E-state index contributed by atoms with van der Waals surface area (Å²) in [5.41, 5.74) is 5.35. The summed E-state index contributed by atoms with van der Waals surface area (Å²) in [4.78, 5) is 33.5. The van der Waals surface area contributed by atoms with Gasteiger partial charge in [0.1, 0.15) is 12.1 Å². The monoisotopic (exact) mass is 844 g/mol. The Morgan fingerprint density at radius 3 is 1.39 bits per heavy atom. The number of carbonyl (C=O) groups excluding carboxylic acids is 1. The SMILES string of the molecule is CC/C=C\C/C=C\C/C=C\C/C=C\C/C=C\C/C=C\CCCCCOCC(COP(=O)(O)OCC(N)C(=O)O)OC(=O)CCCCCCC/C=C\C/C=C\C/C=C\CC. The molecule has 0 aromatic heterocycles. The molecular formula is C48H78NO9P. The van der Waals surface area contributed by atoms with E-state index in [0.29, 0.717) is 13.0 Å². The van der Waals surface area contributed by atoms with Crippen LogP contribution in [-0.2, 0) is 32.7 Å². The maximum absolute atomic E-state index is 12.6. The van der Waals surface area contributed by atoms with Gasteiger partial charge in [-0.1, -0.05) is 149 Å². The van der Waals surface area contributed by atoms with Crippen molar-refractivity contribution in [2.45, 2.75) is 154 Å². The fourth-order valence-corrected chi connectivity index (χ4v) is 5.99. The van der Waals surface area contributed by atoms with Gasteiger partial charge in [0.05, 0.1) is 19.8 Å². The third-order valence-corrected chi connectivity index (χ3v) is 9.50. The summed E-state index contributed by atoms with van der Waals surface area (Å²) in [7, 11) is -4.64. The van der Waals surface area contributed by atoms with Crippen molar-refractivity contribution in [3.8, 4) is 0 Å². The highest BCUT2D eigenvalue weighted by atomic mass is 31.2. The van der Waals surface area contributed by atoms with E-state index >= 15 is 0 Å². The second kappa shape index (κ2) is 42.7. The first-order valence-electron chi connectivity index (χ1n) is 21.9. The van der Waals surface area contributed by atoms with Gasteiger partial charge in [-0.25, -0.2) is 4.57 Å². The van der Waals surface area contributed by atoms with Crippen LogP contribution in [0.2, 0.25) is 0 Å². The molecule has 0 radical (unpaired) electrons. The first-order chi connectivity index (χ1) is 28.7. The van der Waals surface area contributed by atoms with Gasteiger partial charge in [0.2, 0.25) is 0 Å². The Kier molecular flexibility index (Phi) is 40.3. The van der Waals surface area contributed by atoms with Crippen LogP contribution >= 0.6 is 7.82 Å². The summed E-state index contributed by atoms with van der Waals surface area (Å²) in [5, 5.41) is 8.90. The molecule has 0 aliphatic carbocycles. The topological polar surface area (TPSA) is 155 Å². The van der Waals surface area contributed by atoms with Gasteiger partial charge in [-0.15, -0.1) is 0 Å². The molecule has 0 spiro atoms. The highest BCUT2D eigenvalue weighted by molar-refractivity contribution is 7.47. The molecule has 59 heavy (non-hydrogen) atoms. The molecule has 0 aliphatic rings. The summed E-state index contributed by atoms with van der Waals surface area (Å²) in [6.45, 7) is 3.52. The summed E-state index contributed by atoms with van der Waals surface area (Å²) in [5.74, 6) is -1.82. The summed E-state index contributed by atoms with van der Waals surface area (Å²) in [6.07, 6.45) is 57.2. The maximum atomic E-state index is 12.6. The van der Waals surface area contributed by atoms with Crippen LogP contribution in [0.3, 0.4) is 0 Å². The zero-order valence-corrected chi connectivity index (χ0v) is 37.2. The third-order valence-electron chi connectivity index (χ3n) is 8.55. The molecule has 0 bridgehead atoms. The minimum Gasteiger partial charge on any atom is -0.480 e. The van der Waals surface area contributed by atoms with Crippen LogP contribution in [0.15, 0.2) is 109 Å². The Labute approximate surface area is 357 Å². The largest absolute Gasteiger partial charge is 0.480 e. The molecule has 0 amide bonds. The number of aliphatic carboxylic acids is 1. The van der Waals surface area contributed by atoms with E-state index in [1.165, 1.54) is 0 Å². The van der Waals surface area contributed by atoms with Gasteiger partial charge in [-0.2, -0.15) is 0 Å². The van der Waals surface area contributed by atoms with E-state index in [0.717, 1.165) is 116 Å². The number of carboxylic acid groups (broad SMARTS) is 1. The van der Waals surface area contributed by atoms with Gasteiger partial charge in [0.15, 0.2) is 0 Å². The molecule has 0 aromatic rings. The predicted molar refractivity (Wildman–Crippen MR) is 244 cm³/mol. The molecule has 3 atom stereocenters. The van der Waals surface area contributed by atoms with Gasteiger partial charge in [0.25, 0.3) is 0 Å². The number of nitrogens with two attached hydrogens (primary N) is 1. The Bertz CT molecular complexity index is 1350. The molecular weight excluding hydrogens is 765 g/mol. The number of phosphoric ester groups is 1. The fourth-order valence-electron chi connectivity index (χ4n) is 5.21. The van der Waals surface area contributed by atoms with Crippen molar-refractivity contribution >= 4 is 19.8 Å². The molecule has 0 rings (SSSR count). The second-order valence-electron chi connectivity index (χ2n) is 14.1. The molecule has 4 N–H and O–H groups in total. The van der Waals surface area contributed by atoms with Crippen LogP contribution in [0, 0.1) is 0 Å². The van der Waals surface area contributed by atoms with Crippen LogP contribution in [0.5, 0.6) is 0 Å². The van der Waals surface area contributed by atoms with Crippen molar-refractivity contribution in [3.63, 3.8) is 0 Å². The number of esters is 1. The average Bonchev–Trinajstić information content (AvgIpc) is 3.21. The first-order valence-corrected chi connectivity index (χ1v) is 23.4. The van der Waals surface area contributed by atoms with E-state index in [4.69, 9.17) is 29.4 Å². The molecule has 0 heterocycles. The van der Waals surface area contributed by atoms with Crippen molar-refractivity contribution in [1.82, 2.24) is 0 Å². The molecule has 334 valence electrons. The Balaban J connectivity index is 4.36. The molecule has 0 aliphatic heterocycles. The number of carboxylic acids is 1. The van der Waals surface area contributed by atoms with Gasteiger partial charge >= 0.3 is 19.8 Å². The standard InChI is InChI=1S/C48H78NO9P/c1-3-5-7-9-11-13-15-17-19-20-21-22-23-24-25-27-29-31-33-35-37-39-41-55-42-45(43-56-59(53,54)57-44-46(49)48(51)52)58-47(50)40-38-36-34-32-30-28-26-18-16-14-12-10-8-6-4-2/h5-8,11-14,17-19,21-22,24-26,29,31,45-46H,3-4,9-10,15-16,20,23,27-28,30,32-44,49H2,1-2H3,(H,51,52)(H,53,54)/b7-5-,8-6-,13-11-,14-12-,19-17-,22-21-,25-24-,26-18-,31-29-. The molecule has 0 saturated heterocycles. The van der Waals surface area contributed by atoms with Crippen molar-refractivity contribution in [1.29, 1.82) is 0 Å². The number of carbonyl (C=O) groups is 2. The fraction of sp³-hybridized carbons (Fsp3) is 0.583. The zero-order chi connectivity index (χ0) is 43.3. The lowest BCUT2D eigenvalue weighted by Crippen LogP contribution is -2.34. The normalized spacial score (nSPS) is 14.9. The number of unbranched alkanes of at least 4 members (excludes halogenated alkanes) is 8. The molecule has 11 heteroatoms. The lowest BCUT2D eigenvalue weighted by molar-refractivity contribution is -0.154. The Morgan fingerprint density at radius 1 is 0.542 bits per heavy atom. The predicted octanol–water partition coefficient (Wildman–Crippen LogP) is 12.3. The van der Waals surface area contributed by atoms with E-state index in [2.05, 4.69) is 123 Å². The summed E-state index contributed by atoms with van der Waals surface area (Å²) < 4.78 is 33.3. The number of ether oxygens (including phenoxy) is 2. The summed E-state index contributed by atoms with van der Waals surface area (Å²) >= 11 is 0. The van der Waals surface area contributed by atoms with Gasteiger partial charge in [-0.3, -0.25) is 18.6 Å². The second-order valence-corrected chi connectivity index (χ2v) is 15.5. The maximum Gasteiger partial charge on any atom is 0.472 e. The first kappa shape index (κ1) is 55.6. The highest BCUT2D eigenvalue weighted by Gasteiger charge is 2.27. The van der Waals surface area contributed by atoms with Crippen LogP contribution in [0.1, 0.15) is 142 Å². The third kappa shape index (κ3) is 42.6. The Morgan fingerprint density at radius 2 is 0.932 bits per heavy atom. The van der Waals surface area contributed by atoms with E-state index in [9.17, 15) is 19.0 Å². The molecule has 10 nitrogen and oxygen atoms in total. The Hall–Kier alpha value is -3.37. The minimum atomic E-state index is -4.64. The van der Waals surface area contributed by atoms with Crippen LogP contribution in [0.25, 0.3) is 0 Å². The average molecular weight is 844 g/mol. The van der Waals surface area contributed by atoms with E-state index in [-0.39, 0.29) is 13.0 Å². The summed E-state index contributed by atoms with van der Waals surface area (Å²) in [6, 6.07) is -1.49. The zero-order valence-electron chi connectivity index (χ0n) is 36.3. The van der Waals surface area contributed by atoms with Gasteiger partial charge < -0.3 is 25.2 Å². The smallest absolute Gasteiger partial charge is 0.472 e. The number of phosphoric acid groups is 1. The lowest BCUT2D eigenvalue weighted by atomic mass is 10.1. The van der Waals surface area contributed by atoms with Gasteiger partial charge in [-0.05, 0) is 96.3 Å². The minimum absolute atomic E-state index is 0.0211. The number of hydrogen-bond acceptors (Lipinski definition) is 8. The van der Waals surface area contributed by atoms with Crippen molar-refractivity contribution in [2.75, 3.05) is 26.4 Å². The van der Waals surface area contributed by atoms with Gasteiger partial charge in [0, 0.05) is 13.0 Å². The van der Waals surface area contributed by atoms with E-state index < -0.39 is 45.1 Å². The van der Waals surface area contributed by atoms with Crippen LogP contribution < -0.4 is 5.73 Å². The molecule has 0 fully saturated rings. The molecule has 0 saturated carbocycles. The van der Waals surface area contributed by atoms with Crippen LogP contribution in [-0.4, -0.2) is 60.5 Å². The number of hydrogen-bond donors (Lipinski definition) is 3. The highest BCUT2D eigenvalue weighted by Crippen LogP contribution is 2.43. The van der Waals surface area contributed by atoms with Crippen molar-refractivity contribution in [3.05, 3.63) is 109 Å². The molecule has 3 unspecified atom stereocenters. The quantitative estimate of drug-likeness (QED) is 0.0235. The van der Waals surface area contributed by atoms with E-state index in [1.807, 2.05) is 0 Å². The lowest BCUT2D eigenvalue weighted by Gasteiger charge is -2.20. The van der Waals surface area contributed by atoms with Crippen molar-refractivity contribution < 1.29 is 42.7 Å². The van der Waals surface area contributed by atoms with Crippen LogP contribution in [0.4, 0.5) is 0 Å². The number of rotatable bonds is 40. The van der Waals surface area contributed by atoms with Crippen molar-refractivity contribution in [2.24, 2.45) is 5.73 Å². The van der Waals surface area contributed by atoms with E-state index in [1.54, 1.807) is 0 Å². The molecule has 0 aromatic carbocycles.